The number of nitrogen functional groups attached to an aromatic ring is 1. The number of carbonyl (C=O) groups excluding carboxylic acids is 2. The standard InChI is InChI=1S/C29H25FIN5O4S2/c1-16-10-18-12-25(36(42-31)24(18)13-22(16)34-41-15-27(37)39-3)28(38)20-14-33-35(29(20)32)23-9-8-19(11-17(23)2)40-26-7-5-4-6-21(26)30/h4-14,34H,15,32H2,1-3H3. The van der Waals surface area contributed by atoms with E-state index in [1.54, 1.807) is 36.4 Å². The third-order valence-corrected chi connectivity index (χ3v) is 8.97. The highest BCUT2D eigenvalue weighted by Crippen LogP contribution is 2.35. The van der Waals surface area contributed by atoms with Gasteiger partial charge in [0.15, 0.2) is 11.6 Å². The fourth-order valence-corrected chi connectivity index (χ4v) is 6.76. The molecule has 0 fully saturated rings. The van der Waals surface area contributed by atoms with Crippen molar-refractivity contribution in [1.29, 1.82) is 0 Å². The largest absolute Gasteiger partial charge is 0.468 e. The van der Waals surface area contributed by atoms with Crippen molar-refractivity contribution in [2.45, 2.75) is 13.8 Å². The molecule has 3 aromatic carbocycles. The number of para-hydroxylation sites is 1. The summed E-state index contributed by atoms with van der Waals surface area (Å²) in [7, 11) is 2.71. The average Bonchev–Trinajstić information content (AvgIpc) is 3.53. The first-order valence-electron chi connectivity index (χ1n) is 12.5. The van der Waals surface area contributed by atoms with Crippen LogP contribution in [-0.4, -0.2) is 38.4 Å². The van der Waals surface area contributed by atoms with Gasteiger partial charge in [-0.15, -0.1) is 0 Å². The third kappa shape index (κ3) is 5.94. The van der Waals surface area contributed by atoms with Gasteiger partial charge < -0.3 is 19.9 Å². The topological polar surface area (TPSA) is 113 Å². The van der Waals surface area contributed by atoms with E-state index in [0.717, 1.165) is 27.7 Å². The third-order valence-electron chi connectivity index (χ3n) is 6.52. The van der Waals surface area contributed by atoms with Gasteiger partial charge in [0, 0.05) is 41.4 Å². The molecular weight excluding hydrogens is 692 g/mol. The van der Waals surface area contributed by atoms with Crippen molar-refractivity contribution in [2.75, 3.05) is 23.3 Å². The van der Waals surface area contributed by atoms with Gasteiger partial charge >= 0.3 is 5.97 Å². The second-order valence-corrected chi connectivity index (χ2v) is 11.7. The summed E-state index contributed by atoms with van der Waals surface area (Å²) in [6, 6.07) is 17.1. The van der Waals surface area contributed by atoms with E-state index in [9.17, 15) is 14.0 Å². The number of ether oxygens (including phenoxy) is 2. The van der Waals surface area contributed by atoms with Crippen molar-refractivity contribution in [3.63, 3.8) is 0 Å². The molecule has 3 N–H and O–H groups in total. The molecule has 0 aliphatic carbocycles. The molecule has 0 aliphatic rings. The number of esters is 1. The molecule has 0 amide bonds. The number of anilines is 2. The Labute approximate surface area is 261 Å². The summed E-state index contributed by atoms with van der Waals surface area (Å²) in [5.41, 5.74) is 11.2. The number of nitrogens with one attached hydrogen (secondary N) is 1. The van der Waals surface area contributed by atoms with Gasteiger partial charge in [-0.25, -0.2) is 9.07 Å². The number of aromatic nitrogens is 3. The van der Waals surface area contributed by atoms with Crippen molar-refractivity contribution in [2.24, 2.45) is 0 Å². The molecule has 5 rings (SSSR count). The molecule has 5 aromatic rings. The minimum Gasteiger partial charge on any atom is -0.468 e. The van der Waals surface area contributed by atoms with Crippen LogP contribution in [0.5, 0.6) is 11.5 Å². The SMILES string of the molecule is COC(=O)CSNc1cc2c(cc1C)cc(C(=O)c1cnn(-c3ccc(Oc4ccccc4F)cc3C)c1N)n2SI. The van der Waals surface area contributed by atoms with Crippen molar-refractivity contribution in [3.05, 3.63) is 95.1 Å². The number of ketones is 1. The van der Waals surface area contributed by atoms with Crippen LogP contribution in [0.1, 0.15) is 27.2 Å². The molecule has 0 spiro atoms. The van der Waals surface area contributed by atoms with Crippen LogP contribution in [0, 0.1) is 19.7 Å². The number of halogens is 2. The van der Waals surface area contributed by atoms with Crippen molar-refractivity contribution < 1.29 is 23.5 Å². The smallest absolute Gasteiger partial charge is 0.317 e. The first kappa shape index (κ1) is 29.8. The normalized spacial score (nSPS) is 11.1. The summed E-state index contributed by atoms with van der Waals surface area (Å²) in [4.78, 5) is 25.3. The number of rotatable bonds is 10. The van der Waals surface area contributed by atoms with Crippen LogP contribution in [0.2, 0.25) is 0 Å². The number of hydrogen-bond donors (Lipinski definition) is 2. The van der Waals surface area contributed by atoms with E-state index in [1.165, 1.54) is 45.1 Å². The molecule has 0 saturated carbocycles. The summed E-state index contributed by atoms with van der Waals surface area (Å²) in [6.07, 6.45) is 1.46. The fraction of sp³-hybridized carbons (Fsp3) is 0.138. The Bertz CT molecular complexity index is 1820. The van der Waals surface area contributed by atoms with Gasteiger partial charge in [-0.05, 0) is 85.5 Å². The predicted molar refractivity (Wildman–Crippen MR) is 174 cm³/mol. The zero-order valence-corrected chi connectivity index (χ0v) is 26.5. The number of nitrogens with two attached hydrogens (primary N) is 1. The molecule has 0 atom stereocenters. The molecule has 0 saturated heterocycles. The van der Waals surface area contributed by atoms with Gasteiger partial charge in [0.1, 0.15) is 23.0 Å². The van der Waals surface area contributed by atoms with Gasteiger partial charge in [0.05, 0.1) is 30.1 Å². The summed E-state index contributed by atoms with van der Waals surface area (Å²) in [5, 5.41) is 5.30. The summed E-state index contributed by atoms with van der Waals surface area (Å²) < 4.78 is 31.0. The lowest BCUT2D eigenvalue weighted by Crippen LogP contribution is -2.10. The molecule has 0 bridgehead atoms. The lowest BCUT2D eigenvalue weighted by atomic mass is 10.1. The zero-order valence-electron chi connectivity index (χ0n) is 22.7. The van der Waals surface area contributed by atoms with Crippen LogP contribution < -0.4 is 15.2 Å². The second-order valence-electron chi connectivity index (χ2n) is 9.25. The van der Waals surface area contributed by atoms with Crippen LogP contribution in [0.25, 0.3) is 16.6 Å². The number of fused-ring (bicyclic) bond motifs is 1. The van der Waals surface area contributed by atoms with Crippen LogP contribution >= 0.6 is 42.3 Å². The second kappa shape index (κ2) is 12.7. The zero-order chi connectivity index (χ0) is 30.0. The molecule has 216 valence electrons. The highest BCUT2D eigenvalue weighted by molar-refractivity contribution is 14.2. The Kier molecular flexibility index (Phi) is 8.99. The number of carbonyl (C=O) groups is 2. The Morgan fingerprint density at radius 1 is 1.10 bits per heavy atom. The Hall–Kier alpha value is -3.69. The van der Waals surface area contributed by atoms with E-state index < -0.39 is 5.82 Å². The lowest BCUT2D eigenvalue weighted by Gasteiger charge is -2.12. The summed E-state index contributed by atoms with van der Waals surface area (Å²) in [6.45, 7) is 3.81. The quantitative estimate of drug-likeness (QED) is 0.0667. The van der Waals surface area contributed by atoms with Crippen molar-refractivity contribution in [1.82, 2.24) is 13.8 Å². The molecule has 42 heavy (non-hydrogen) atoms. The Morgan fingerprint density at radius 2 is 1.88 bits per heavy atom. The van der Waals surface area contributed by atoms with Gasteiger partial charge in [-0.1, -0.05) is 12.1 Å². The van der Waals surface area contributed by atoms with E-state index in [2.05, 4.69) is 31.0 Å². The van der Waals surface area contributed by atoms with E-state index in [1.807, 2.05) is 36.0 Å². The number of hydrogen-bond acceptors (Lipinski definition) is 9. The Morgan fingerprint density at radius 3 is 2.60 bits per heavy atom. The number of nitrogens with zero attached hydrogens (tertiary/aromatic N) is 3. The van der Waals surface area contributed by atoms with E-state index in [-0.39, 0.29) is 34.6 Å². The molecule has 0 radical (unpaired) electrons. The number of methoxy groups -OCH3 is 1. The van der Waals surface area contributed by atoms with Crippen molar-refractivity contribution >= 4 is 76.4 Å². The average molecular weight is 718 g/mol. The van der Waals surface area contributed by atoms with Crippen LogP contribution in [0.3, 0.4) is 0 Å². The molecular formula is C29H25FIN5O4S2. The van der Waals surface area contributed by atoms with E-state index in [0.29, 0.717) is 17.1 Å². The lowest BCUT2D eigenvalue weighted by molar-refractivity contribution is -0.137. The maximum atomic E-state index is 14.0. The minimum absolute atomic E-state index is 0.123. The van der Waals surface area contributed by atoms with Gasteiger partial charge in [-0.2, -0.15) is 5.10 Å². The van der Waals surface area contributed by atoms with Crippen LogP contribution in [-0.2, 0) is 9.53 Å². The first-order valence-corrected chi connectivity index (χ1v) is 16.8. The van der Waals surface area contributed by atoms with Crippen molar-refractivity contribution in [3.8, 4) is 17.2 Å². The maximum Gasteiger partial charge on any atom is 0.317 e. The van der Waals surface area contributed by atoms with E-state index >= 15 is 0 Å². The summed E-state index contributed by atoms with van der Waals surface area (Å²) >= 11 is 3.36. The molecule has 0 unspecified atom stereocenters. The maximum absolute atomic E-state index is 14.0. The number of aryl methyl sites for hydroxylation is 2. The minimum atomic E-state index is -0.458. The highest BCUT2D eigenvalue weighted by Gasteiger charge is 2.24. The van der Waals surface area contributed by atoms with Crippen LogP contribution in [0.4, 0.5) is 15.9 Å². The first-order chi connectivity index (χ1) is 20.2. The molecule has 0 aliphatic heterocycles. The molecule has 2 heterocycles. The monoisotopic (exact) mass is 717 g/mol. The molecule has 9 nitrogen and oxygen atoms in total. The van der Waals surface area contributed by atoms with Crippen LogP contribution in [0.15, 0.2) is 66.9 Å². The fourth-order valence-electron chi connectivity index (χ4n) is 4.37. The molecule has 13 heteroatoms. The summed E-state index contributed by atoms with van der Waals surface area (Å²) in [5.74, 6) is -0.129. The molecule has 2 aromatic heterocycles. The predicted octanol–water partition coefficient (Wildman–Crippen LogP) is 7.27. The highest BCUT2D eigenvalue weighted by atomic mass is 127. The number of benzene rings is 3. The van der Waals surface area contributed by atoms with Gasteiger partial charge in [0.2, 0.25) is 5.78 Å². The van der Waals surface area contributed by atoms with E-state index in [4.69, 9.17) is 15.2 Å². The van der Waals surface area contributed by atoms with Gasteiger partial charge in [0.25, 0.3) is 0 Å². The van der Waals surface area contributed by atoms with Gasteiger partial charge in [-0.3, -0.25) is 13.6 Å². The Balaban J connectivity index is 1.43.